The number of rotatable bonds is 4. The first-order valence-electron chi connectivity index (χ1n) is 3.85. The molecule has 0 heterocycles. The van der Waals surface area contributed by atoms with E-state index in [1.165, 1.54) is 18.5 Å². The van der Waals surface area contributed by atoms with Gasteiger partial charge in [-0.1, -0.05) is 0 Å². The Morgan fingerprint density at radius 1 is 1.00 bits per heavy atom. The summed E-state index contributed by atoms with van der Waals surface area (Å²) in [7, 11) is -1.14. The molecule has 0 saturated carbocycles. The Balaban J connectivity index is 3.82. The van der Waals surface area contributed by atoms with Gasteiger partial charge in [-0.25, -0.2) is 0 Å². The van der Waals surface area contributed by atoms with Crippen LogP contribution in [0, 0.1) is 0 Å². The summed E-state index contributed by atoms with van der Waals surface area (Å²) in [6, 6.07) is 0. The third kappa shape index (κ3) is 2.23. The average molecular weight is 150 g/mol. The molecule has 2 heteroatoms. The van der Waals surface area contributed by atoms with E-state index >= 15 is 0 Å². The summed E-state index contributed by atoms with van der Waals surface area (Å²) in [5, 5.41) is 9.04. The minimum atomic E-state index is -1.14. The van der Waals surface area contributed by atoms with Crippen LogP contribution < -0.4 is 0 Å². The normalized spacial score (nSPS) is 13.8. The van der Waals surface area contributed by atoms with Gasteiger partial charge in [-0.2, -0.15) is 0 Å². The van der Waals surface area contributed by atoms with E-state index in [1.54, 1.807) is 0 Å². The van der Waals surface area contributed by atoms with E-state index in [2.05, 4.69) is 20.8 Å². The fourth-order valence-electron chi connectivity index (χ4n) is 1.09. The maximum atomic E-state index is 9.04. The topological polar surface area (TPSA) is 20.2 Å². The van der Waals surface area contributed by atoms with Crippen molar-refractivity contribution in [2.75, 3.05) is 24.8 Å². The molecule has 0 bridgehead atoms. The van der Waals surface area contributed by atoms with Gasteiger partial charge < -0.3 is 0 Å². The Hall–Kier alpha value is 0.390. The summed E-state index contributed by atoms with van der Waals surface area (Å²) in [4.78, 5) is 0. The van der Waals surface area contributed by atoms with Crippen molar-refractivity contribution >= 4 is 7.26 Å². The van der Waals surface area contributed by atoms with Crippen LogP contribution in [0.15, 0.2) is 0 Å². The quantitative estimate of drug-likeness (QED) is 0.605. The summed E-state index contributed by atoms with van der Waals surface area (Å²) in [6.07, 6.45) is 4.18. The molecule has 0 saturated heterocycles. The standard InChI is InChI=1S/C7H19OP/c1-4-9(5-2,6-3)7-8/h8-9H,4-7H2,1-3H3. The second-order valence-electron chi connectivity index (χ2n) is 2.72. The van der Waals surface area contributed by atoms with Crippen LogP contribution in [0.4, 0.5) is 0 Å². The van der Waals surface area contributed by atoms with E-state index in [4.69, 9.17) is 5.11 Å². The predicted molar refractivity (Wildman–Crippen MR) is 47.0 cm³/mol. The molecule has 0 radical (unpaired) electrons. The monoisotopic (exact) mass is 150 g/mol. The van der Waals surface area contributed by atoms with Crippen LogP contribution in [0.3, 0.4) is 0 Å². The molecule has 0 atom stereocenters. The third-order valence-electron chi connectivity index (χ3n) is 2.59. The van der Waals surface area contributed by atoms with Gasteiger partial charge in [0.25, 0.3) is 0 Å². The SMILES string of the molecule is CC[PH](CC)(CC)CO. The van der Waals surface area contributed by atoms with Gasteiger partial charge in [0, 0.05) is 0 Å². The molecule has 0 fully saturated rings. The predicted octanol–water partition coefficient (Wildman–Crippen LogP) is 1.75. The first kappa shape index (κ1) is 9.39. The van der Waals surface area contributed by atoms with Crippen LogP contribution in [-0.2, 0) is 0 Å². The van der Waals surface area contributed by atoms with Crippen LogP contribution in [0.1, 0.15) is 20.8 Å². The first-order valence-corrected chi connectivity index (χ1v) is 6.68. The van der Waals surface area contributed by atoms with Crippen molar-refractivity contribution in [1.29, 1.82) is 0 Å². The fourth-order valence-corrected chi connectivity index (χ4v) is 3.26. The molecule has 0 amide bonds. The van der Waals surface area contributed by atoms with Crippen molar-refractivity contribution in [2.45, 2.75) is 20.8 Å². The van der Waals surface area contributed by atoms with Gasteiger partial charge in [0.2, 0.25) is 0 Å². The van der Waals surface area contributed by atoms with Crippen molar-refractivity contribution < 1.29 is 5.11 Å². The summed E-state index contributed by atoms with van der Waals surface area (Å²) in [6.45, 7) is 6.61. The molecule has 1 N–H and O–H groups in total. The summed E-state index contributed by atoms with van der Waals surface area (Å²) in [5.74, 6) is 0. The van der Waals surface area contributed by atoms with E-state index < -0.39 is 7.26 Å². The van der Waals surface area contributed by atoms with Gasteiger partial charge in [0.05, 0.1) is 0 Å². The average Bonchev–Trinajstić information content (AvgIpc) is 1.95. The maximum absolute atomic E-state index is 9.04. The van der Waals surface area contributed by atoms with Gasteiger partial charge >= 0.3 is 58.0 Å². The molecule has 9 heavy (non-hydrogen) atoms. The van der Waals surface area contributed by atoms with Crippen molar-refractivity contribution in [1.82, 2.24) is 0 Å². The van der Waals surface area contributed by atoms with Crippen molar-refractivity contribution in [3.63, 3.8) is 0 Å². The molecule has 0 aromatic carbocycles. The molecule has 0 unspecified atom stereocenters. The van der Waals surface area contributed by atoms with Gasteiger partial charge in [-0.3, -0.25) is 0 Å². The van der Waals surface area contributed by atoms with Crippen LogP contribution in [-0.4, -0.2) is 29.9 Å². The Morgan fingerprint density at radius 2 is 1.33 bits per heavy atom. The summed E-state index contributed by atoms with van der Waals surface area (Å²) >= 11 is 0. The van der Waals surface area contributed by atoms with Gasteiger partial charge in [0.15, 0.2) is 0 Å². The van der Waals surface area contributed by atoms with E-state index in [-0.39, 0.29) is 0 Å². The number of hydrogen-bond acceptors (Lipinski definition) is 1. The Labute approximate surface area is 58.8 Å². The summed E-state index contributed by atoms with van der Waals surface area (Å²) < 4.78 is 0. The summed E-state index contributed by atoms with van der Waals surface area (Å²) in [5.41, 5.74) is 0. The Kier molecular flexibility index (Phi) is 4.43. The molecule has 0 rings (SSSR count). The van der Waals surface area contributed by atoms with E-state index in [9.17, 15) is 0 Å². The molecular formula is C7H19OP. The van der Waals surface area contributed by atoms with Gasteiger partial charge in [-0.05, 0) is 0 Å². The number of aliphatic hydroxyl groups is 1. The molecule has 0 aliphatic heterocycles. The molecular weight excluding hydrogens is 131 g/mol. The number of aliphatic hydroxyl groups excluding tert-OH is 1. The van der Waals surface area contributed by atoms with Gasteiger partial charge in [-0.15, -0.1) is 0 Å². The molecule has 0 aliphatic rings. The third-order valence-corrected chi connectivity index (χ3v) is 7.76. The van der Waals surface area contributed by atoms with Crippen LogP contribution in [0.2, 0.25) is 0 Å². The zero-order chi connectivity index (χ0) is 7.33. The van der Waals surface area contributed by atoms with Crippen molar-refractivity contribution in [2.24, 2.45) is 0 Å². The zero-order valence-electron chi connectivity index (χ0n) is 6.78. The number of hydrogen-bond donors (Lipinski definition) is 1. The second kappa shape index (κ2) is 4.24. The second-order valence-corrected chi connectivity index (χ2v) is 8.16. The minimum absolute atomic E-state index is 0.483. The van der Waals surface area contributed by atoms with Crippen LogP contribution in [0.25, 0.3) is 0 Å². The molecule has 0 aliphatic carbocycles. The fraction of sp³-hybridized carbons (Fsp3) is 1.00. The van der Waals surface area contributed by atoms with E-state index in [0.717, 1.165) is 0 Å². The molecule has 58 valence electrons. The molecule has 0 aromatic rings. The van der Waals surface area contributed by atoms with Gasteiger partial charge in [0.1, 0.15) is 0 Å². The molecule has 0 spiro atoms. The Bertz CT molecular complexity index is 51.8. The zero-order valence-corrected chi connectivity index (χ0v) is 7.78. The first-order chi connectivity index (χ1) is 4.24. The van der Waals surface area contributed by atoms with Crippen LogP contribution >= 0.6 is 7.26 Å². The van der Waals surface area contributed by atoms with Crippen molar-refractivity contribution in [3.8, 4) is 0 Å². The molecule has 0 aromatic heterocycles. The van der Waals surface area contributed by atoms with E-state index in [1.807, 2.05) is 0 Å². The van der Waals surface area contributed by atoms with Crippen molar-refractivity contribution in [3.05, 3.63) is 0 Å². The van der Waals surface area contributed by atoms with Crippen LogP contribution in [0.5, 0.6) is 0 Å². The van der Waals surface area contributed by atoms with E-state index in [0.29, 0.717) is 6.35 Å². The Morgan fingerprint density at radius 3 is 1.33 bits per heavy atom. The molecule has 1 nitrogen and oxygen atoms in total.